The molecule has 0 radical (unpaired) electrons. The third-order valence-electron chi connectivity index (χ3n) is 6.36. The van der Waals surface area contributed by atoms with Crippen LogP contribution in [-0.2, 0) is 26.0 Å². The molecule has 2 fully saturated rings. The van der Waals surface area contributed by atoms with Crippen molar-refractivity contribution in [1.82, 2.24) is 15.0 Å². The van der Waals surface area contributed by atoms with Crippen molar-refractivity contribution in [1.29, 1.82) is 0 Å². The van der Waals surface area contributed by atoms with Crippen LogP contribution in [0.3, 0.4) is 0 Å². The van der Waals surface area contributed by atoms with Gasteiger partial charge < -0.3 is 20.6 Å². The molecule has 1 unspecified atom stereocenters. The Balaban J connectivity index is 0.00000162. The molecule has 7 nitrogen and oxygen atoms in total. The van der Waals surface area contributed by atoms with Crippen LogP contribution in [0.25, 0.3) is 11.0 Å². The zero-order chi connectivity index (χ0) is 22.0. The summed E-state index contributed by atoms with van der Waals surface area (Å²) in [6.45, 7) is 3.80. The van der Waals surface area contributed by atoms with Gasteiger partial charge in [0, 0.05) is 30.5 Å². The number of nitrogens with one attached hydrogen (secondary N) is 1. The molecule has 0 bridgehead atoms. The molecule has 1 atom stereocenters. The molecule has 1 aliphatic heterocycles. The molecule has 1 saturated heterocycles. The zero-order valence-corrected chi connectivity index (χ0v) is 22.2. The summed E-state index contributed by atoms with van der Waals surface area (Å²) in [4.78, 5) is 12.0. The van der Waals surface area contributed by atoms with Crippen LogP contribution in [0.1, 0.15) is 44.8 Å². The van der Waals surface area contributed by atoms with Crippen molar-refractivity contribution in [2.75, 3.05) is 19.8 Å². The minimum absolute atomic E-state index is 0. The van der Waals surface area contributed by atoms with Crippen molar-refractivity contribution in [3.63, 3.8) is 0 Å². The summed E-state index contributed by atoms with van der Waals surface area (Å²) < 4.78 is 31.3. The van der Waals surface area contributed by atoms with E-state index in [1.165, 1.54) is 19.3 Å². The Morgan fingerprint density at radius 3 is 2.70 bits per heavy atom. The summed E-state index contributed by atoms with van der Waals surface area (Å²) in [6, 6.07) is 9.53. The average Bonchev–Trinajstić information content (AvgIpc) is 3.26. The summed E-state index contributed by atoms with van der Waals surface area (Å²) >= 11 is 0. The molecule has 9 heteroatoms. The molecular weight excluding hydrogens is 449 g/mol. The van der Waals surface area contributed by atoms with E-state index in [1.54, 1.807) is 6.20 Å². The molecule has 2 aromatic heterocycles. The van der Waals surface area contributed by atoms with Crippen molar-refractivity contribution >= 4 is 21.8 Å². The minimum Gasteiger partial charge on any atom is -1.00 e. The first-order chi connectivity index (χ1) is 15.6. The van der Waals surface area contributed by atoms with E-state index in [2.05, 4.69) is 15.0 Å². The van der Waals surface area contributed by atoms with Gasteiger partial charge in [-0.3, -0.25) is 9.19 Å². The van der Waals surface area contributed by atoms with Crippen LogP contribution in [0.2, 0.25) is 0 Å². The first-order valence-corrected chi connectivity index (χ1v) is 12.6. The molecule has 2 aliphatic rings. The molecule has 1 spiro atoms. The van der Waals surface area contributed by atoms with Gasteiger partial charge in [0.25, 0.3) is 0 Å². The number of aromatic nitrogens is 3. The average molecular weight is 480 g/mol. The summed E-state index contributed by atoms with van der Waals surface area (Å²) in [5, 5.41) is 0.465. The number of rotatable bonds is 6. The fourth-order valence-electron chi connectivity index (χ4n) is 4.40. The van der Waals surface area contributed by atoms with E-state index < -0.39 is 10.8 Å². The number of imidazole rings is 1. The van der Waals surface area contributed by atoms with Gasteiger partial charge in [0.15, 0.2) is 10.9 Å². The third-order valence-corrected chi connectivity index (χ3v) is 7.52. The first-order valence-electron chi connectivity index (χ1n) is 11.3. The quantitative estimate of drug-likeness (QED) is 0.538. The van der Waals surface area contributed by atoms with Crippen molar-refractivity contribution in [3.8, 4) is 5.75 Å². The van der Waals surface area contributed by atoms with E-state index in [0.29, 0.717) is 25.0 Å². The Bertz CT molecular complexity index is 1080. The normalized spacial score (nSPS) is 19.3. The smallest absolute Gasteiger partial charge is 1.00 e. The second-order valence-electron chi connectivity index (χ2n) is 8.70. The van der Waals surface area contributed by atoms with Crippen LogP contribution in [0, 0.1) is 12.8 Å². The molecule has 1 saturated carbocycles. The molecule has 1 aromatic carbocycles. The molecule has 0 amide bonds. The Kier molecular flexibility index (Phi) is 8.25. The van der Waals surface area contributed by atoms with Crippen LogP contribution >= 0.6 is 0 Å². The zero-order valence-electron chi connectivity index (χ0n) is 20.3. The van der Waals surface area contributed by atoms with Crippen LogP contribution in [0.4, 0.5) is 0 Å². The number of hydrogen-bond donors (Lipinski definition) is 1. The monoisotopic (exact) mass is 479 g/mol. The van der Waals surface area contributed by atoms with Gasteiger partial charge in [0.2, 0.25) is 0 Å². The van der Waals surface area contributed by atoms with E-state index in [0.717, 1.165) is 40.9 Å². The third kappa shape index (κ3) is 5.69. The van der Waals surface area contributed by atoms with E-state index in [-0.39, 0.29) is 48.4 Å². The summed E-state index contributed by atoms with van der Waals surface area (Å²) in [7, 11) is -1.33. The second kappa shape index (κ2) is 11.0. The number of fused-ring (bicyclic) bond motifs is 1. The maximum Gasteiger partial charge on any atom is 1.00 e. The number of pyridine rings is 1. The van der Waals surface area contributed by atoms with Gasteiger partial charge in [0.05, 0.1) is 53.1 Å². The molecule has 33 heavy (non-hydrogen) atoms. The van der Waals surface area contributed by atoms with E-state index in [4.69, 9.17) is 14.2 Å². The molecular formula is C24H30N3NaO4S. The number of H-pyrrole nitrogens is 1. The number of nitrogens with zero attached hydrogens (tertiary/aromatic N) is 2. The van der Waals surface area contributed by atoms with Gasteiger partial charge in [-0.05, 0) is 38.0 Å². The number of aromatic amines is 1. The predicted octanol–water partition coefficient (Wildman–Crippen LogP) is 1.39. The van der Waals surface area contributed by atoms with Gasteiger partial charge in [-0.2, -0.15) is 0 Å². The van der Waals surface area contributed by atoms with Crippen LogP contribution < -0.4 is 34.3 Å². The van der Waals surface area contributed by atoms with Gasteiger partial charge in [-0.25, -0.2) is 4.98 Å². The van der Waals surface area contributed by atoms with Gasteiger partial charge >= 0.3 is 29.6 Å². The number of ether oxygens (including phenoxy) is 3. The number of hydrogen-bond acceptors (Lipinski definition) is 6. The Morgan fingerprint density at radius 1 is 1.18 bits per heavy atom. The van der Waals surface area contributed by atoms with E-state index in [9.17, 15) is 4.21 Å². The number of benzene rings is 1. The van der Waals surface area contributed by atoms with Gasteiger partial charge in [-0.15, -0.1) is 0 Å². The fraction of sp³-hybridized carbons (Fsp3) is 0.500. The predicted molar refractivity (Wildman–Crippen MR) is 123 cm³/mol. The summed E-state index contributed by atoms with van der Waals surface area (Å²) in [5.41, 5.74) is 3.34. The number of para-hydroxylation sites is 2. The van der Waals surface area contributed by atoms with Crippen molar-refractivity contribution < 1.29 is 49.4 Å². The Morgan fingerprint density at radius 2 is 1.94 bits per heavy atom. The molecule has 3 aromatic rings. The maximum absolute atomic E-state index is 12.9. The summed E-state index contributed by atoms with van der Waals surface area (Å²) in [6.07, 6.45) is 7.32. The van der Waals surface area contributed by atoms with E-state index >= 15 is 0 Å². The van der Waals surface area contributed by atoms with Crippen molar-refractivity contribution in [3.05, 3.63) is 47.8 Å². The maximum atomic E-state index is 12.9. The molecule has 5 rings (SSSR count). The molecule has 1 aliphatic carbocycles. The molecule has 3 heterocycles. The van der Waals surface area contributed by atoms with Crippen molar-refractivity contribution in [2.45, 2.75) is 55.7 Å². The Hall–Kier alpha value is -1.29. The van der Waals surface area contributed by atoms with Crippen LogP contribution in [-0.4, -0.2) is 44.8 Å². The first kappa shape index (κ1) is 24.8. The SMILES string of the molecule is Cc1c(OCC2COC3(CCCCC3)OC2)ccnc1CS(=O)c1nc2ccccc2[nH]1.[H-].[Na+]. The molecule has 172 valence electrons. The fourth-order valence-corrected chi connectivity index (χ4v) is 5.50. The standard InChI is InChI=1S/C24H29N3O4S.Na.H/c1-17-21(16-32(28)23-26-19-7-3-4-8-20(19)27-23)25-12-9-22(17)29-13-18-14-30-24(31-15-18)10-5-2-6-11-24;;/h3-4,7-9,12,18H,2,5-6,10-11,13-16H2,1H3,(H,26,27);;/q;+1;-1. The minimum atomic E-state index is -1.33. The topological polar surface area (TPSA) is 86.3 Å². The van der Waals surface area contributed by atoms with Crippen molar-refractivity contribution in [2.24, 2.45) is 5.92 Å². The van der Waals surface area contributed by atoms with Crippen LogP contribution in [0.5, 0.6) is 5.75 Å². The molecule has 1 N–H and O–H groups in total. The van der Waals surface area contributed by atoms with E-state index in [1.807, 2.05) is 37.3 Å². The Labute approximate surface area is 220 Å². The second-order valence-corrected chi connectivity index (χ2v) is 10.1. The summed E-state index contributed by atoms with van der Waals surface area (Å²) in [5.74, 6) is 0.883. The van der Waals surface area contributed by atoms with Gasteiger partial charge in [-0.1, -0.05) is 18.6 Å². The largest absolute Gasteiger partial charge is 1.00 e. The van der Waals surface area contributed by atoms with Gasteiger partial charge in [0.1, 0.15) is 5.75 Å². The van der Waals surface area contributed by atoms with Crippen LogP contribution in [0.15, 0.2) is 41.7 Å².